The monoisotopic (exact) mass is 433 g/mol. The van der Waals surface area contributed by atoms with E-state index < -0.39 is 0 Å². The largest absolute Gasteiger partial charge is 0.442 e. The van der Waals surface area contributed by atoms with E-state index in [1.807, 2.05) is 6.07 Å². The van der Waals surface area contributed by atoms with Gasteiger partial charge in [-0.2, -0.15) is 0 Å². The Kier molecular flexibility index (Phi) is 5.81. The molecule has 2 atom stereocenters. The van der Waals surface area contributed by atoms with Gasteiger partial charge in [0, 0.05) is 18.8 Å². The fourth-order valence-corrected chi connectivity index (χ4v) is 4.93. The molecule has 0 aliphatic carbocycles. The molecule has 1 fully saturated rings. The fraction of sp³-hybridized carbons (Fsp3) is 0.429. The van der Waals surface area contributed by atoms with Gasteiger partial charge in [0.15, 0.2) is 0 Å². The molecule has 1 saturated heterocycles. The van der Waals surface area contributed by atoms with Crippen molar-refractivity contribution in [2.75, 3.05) is 38.1 Å². The van der Waals surface area contributed by atoms with E-state index in [1.165, 1.54) is 22.5 Å². The molecule has 0 spiro atoms. The van der Waals surface area contributed by atoms with Crippen LogP contribution in [0.1, 0.15) is 33.6 Å². The van der Waals surface area contributed by atoms with E-state index in [0.29, 0.717) is 21.7 Å². The predicted molar refractivity (Wildman–Crippen MR) is 115 cm³/mol. The lowest BCUT2D eigenvalue weighted by Gasteiger charge is -2.19. The molecule has 29 heavy (non-hydrogen) atoms. The highest BCUT2D eigenvalue weighted by molar-refractivity contribution is 7.17. The first-order valence-corrected chi connectivity index (χ1v) is 10.9. The van der Waals surface area contributed by atoms with Gasteiger partial charge in [-0.05, 0) is 54.8 Å². The van der Waals surface area contributed by atoms with E-state index in [9.17, 15) is 9.59 Å². The number of nitrogens with zero attached hydrogens (tertiary/aromatic N) is 2. The second-order valence-electron chi connectivity index (χ2n) is 7.73. The lowest BCUT2D eigenvalue weighted by atomic mass is 9.94. The van der Waals surface area contributed by atoms with Crippen LogP contribution < -0.4 is 10.2 Å². The number of fused-ring (bicyclic) bond motifs is 1. The van der Waals surface area contributed by atoms with Crippen molar-refractivity contribution in [3.05, 3.63) is 50.7 Å². The van der Waals surface area contributed by atoms with Gasteiger partial charge in [0.25, 0.3) is 5.91 Å². The first-order valence-electron chi connectivity index (χ1n) is 9.74. The van der Waals surface area contributed by atoms with Crippen molar-refractivity contribution in [3.63, 3.8) is 0 Å². The van der Waals surface area contributed by atoms with Crippen LogP contribution in [0.15, 0.2) is 30.3 Å². The standard InChI is InChI=1S/C21H24ClN3O3S/c1-13-11-24(2)8-7-14-3-4-15(9-17(13)14)25-12-16(28-21(25)27)10-23-20(26)18-5-6-19(22)29-18/h3-6,9,13,16H,7-8,10-12H2,1-2H3,(H,23,26)/t13?,16-/m0/s1. The van der Waals surface area contributed by atoms with Gasteiger partial charge in [0.05, 0.1) is 22.3 Å². The molecule has 6 nitrogen and oxygen atoms in total. The van der Waals surface area contributed by atoms with Crippen LogP contribution in [0, 0.1) is 0 Å². The van der Waals surface area contributed by atoms with Gasteiger partial charge in [-0.15, -0.1) is 11.3 Å². The molecule has 0 saturated carbocycles. The summed E-state index contributed by atoms with van der Waals surface area (Å²) in [6.07, 6.45) is 0.258. The van der Waals surface area contributed by atoms with Gasteiger partial charge in [-0.1, -0.05) is 24.6 Å². The van der Waals surface area contributed by atoms with Crippen molar-refractivity contribution in [2.24, 2.45) is 0 Å². The molecule has 2 aliphatic heterocycles. The van der Waals surface area contributed by atoms with E-state index >= 15 is 0 Å². The number of rotatable bonds is 4. The summed E-state index contributed by atoms with van der Waals surface area (Å²) in [5.41, 5.74) is 3.49. The molecular weight excluding hydrogens is 410 g/mol. The minimum Gasteiger partial charge on any atom is -0.442 e. The molecule has 3 heterocycles. The number of amides is 2. The average Bonchev–Trinajstić information content (AvgIpc) is 3.26. The van der Waals surface area contributed by atoms with Crippen molar-refractivity contribution < 1.29 is 14.3 Å². The minimum atomic E-state index is -0.385. The molecule has 1 aromatic heterocycles. The number of thiophene rings is 1. The molecule has 0 radical (unpaired) electrons. The summed E-state index contributed by atoms with van der Waals surface area (Å²) in [6.45, 7) is 4.95. The molecule has 154 valence electrons. The van der Waals surface area contributed by atoms with E-state index in [0.717, 1.165) is 25.2 Å². The lowest BCUT2D eigenvalue weighted by Crippen LogP contribution is -2.34. The molecule has 2 aliphatic rings. The molecule has 1 unspecified atom stereocenters. The van der Waals surface area contributed by atoms with E-state index in [2.05, 4.69) is 36.3 Å². The minimum absolute atomic E-state index is 0.209. The van der Waals surface area contributed by atoms with Gasteiger partial charge >= 0.3 is 6.09 Å². The maximum Gasteiger partial charge on any atom is 0.414 e. The van der Waals surface area contributed by atoms with Crippen LogP contribution in [0.4, 0.5) is 10.5 Å². The Bertz CT molecular complexity index is 932. The number of anilines is 1. The van der Waals surface area contributed by atoms with Crippen LogP contribution in [-0.2, 0) is 11.2 Å². The highest BCUT2D eigenvalue weighted by Gasteiger charge is 2.33. The lowest BCUT2D eigenvalue weighted by molar-refractivity contribution is 0.0920. The summed E-state index contributed by atoms with van der Waals surface area (Å²) >= 11 is 7.10. The van der Waals surface area contributed by atoms with Crippen LogP contribution in [0.2, 0.25) is 4.34 Å². The molecule has 0 bridgehead atoms. The predicted octanol–water partition coefficient (Wildman–Crippen LogP) is 3.75. The van der Waals surface area contributed by atoms with E-state index in [4.69, 9.17) is 16.3 Å². The summed E-state index contributed by atoms with van der Waals surface area (Å²) < 4.78 is 6.04. The third-order valence-corrected chi connectivity index (χ3v) is 6.71. The third-order valence-electron chi connectivity index (χ3n) is 5.48. The number of hydrogen-bond donors (Lipinski definition) is 1. The number of hydrogen-bond acceptors (Lipinski definition) is 5. The molecule has 8 heteroatoms. The highest BCUT2D eigenvalue weighted by atomic mass is 35.5. The molecule has 2 aromatic rings. The fourth-order valence-electron chi connectivity index (χ4n) is 3.97. The second-order valence-corrected chi connectivity index (χ2v) is 9.44. The summed E-state index contributed by atoms with van der Waals surface area (Å²) in [5.74, 6) is 0.197. The summed E-state index contributed by atoms with van der Waals surface area (Å²) in [6, 6.07) is 9.62. The van der Waals surface area contributed by atoms with Gasteiger partial charge in [0.2, 0.25) is 0 Å². The van der Waals surface area contributed by atoms with Crippen LogP contribution >= 0.6 is 22.9 Å². The number of ether oxygens (including phenoxy) is 1. The smallest absolute Gasteiger partial charge is 0.414 e. The molecule has 1 aromatic carbocycles. The number of carbonyl (C=O) groups excluding carboxylic acids is 2. The third kappa shape index (κ3) is 4.42. The van der Waals surface area contributed by atoms with E-state index in [1.54, 1.807) is 17.0 Å². The van der Waals surface area contributed by atoms with Crippen LogP contribution in [0.5, 0.6) is 0 Å². The van der Waals surface area contributed by atoms with Crippen molar-refractivity contribution >= 4 is 40.6 Å². The zero-order chi connectivity index (χ0) is 20.5. The van der Waals surface area contributed by atoms with Gasteiger partial charge < -0.3 is 15.0 Å². The summed E-state index contributed by atoms with van der Waals surface area (Å²) in [7, 11) is 2.14. The molecule has 1 N–H and O–H groups in total. The van der Waals surface area contributed by atoms with Gasteiger partial charge in [-0.3, -0.25) is 9.69 Å². The Hall–Kier alpha value is -2.09. The van der Waals surface area contributed by atoms with Gasteiger partial charge in [0.1, 0.15) is 6.10 Å². The Morgan fingerprint density at radius 2 is 2.14 bits per heavy atom. The first-order chi connectivity index (χ1) is 13.9. The number of carbonyl (C=O) groups is 2. The van der Waals surface area contributed by atoms with Crippen molar-refractivity contribution in [1.82, 2.24) is 10.2 Å². The summed E-state index contributed by atoms with van der Waals surface area (Å²) in [5, 5.41) is 2.82. The van der Waals surface area contributed by atoms with Crippen molar-refractivity contribution in [1.29, 1.82) is 0 Å². The van der Waals surface area contributed by atoms with Crippen LogP contribution in [0.3, 0.4) is 0 Å². The van der Waals surface area contributed by atoms with E-state index in [-0.39, 0.29) is 24.6 Å². The summed E-state index contributed by atoms with van der Waals surface area (Å²) in [4.78, 5) is 29.2. The average molecular weight is 434 g/mol. The molecular formula is C21H24ClN3O3S. The Balaban J connectivity index is 1.42. The zero-order valence-electron chi connectivity index (χ0n) is 16.5. The normalized spacial score (nSPS) is 22.2. The Morgan fingerprint density at radius 3 is 2.90 bits per heavy atom. The Morgan fingerprint density at radius 1 is 1.31 bits per heavy atom. The van der Waals surface area contributed by atoms with Crippen LogP contribution in [0.25, 0.3) is 0 Å². The van der Waals surface area contributed by atoms with Crippen molar-refractivity contribution in [2.45, 2.75) is 25.4 Å². The Labute approximate surface area is 179 Å². The first kappa shape index (κ1) is 20.2. The van der Waals surface area contributed by atoms with Gasteiger partial charge in [-0.25, -0.2) is 4.79 Å². The highest BCUT2D eigenvalue weighted by Crippen LogP contribution is 2.31. The zero-order valence-corrected chi connectivity index (χ0v) is 18.1. The van der Waals surface area contributed by atoms with Crippen LogP contribution in [-0.4, -0.2) is 56.2 Å². The molecule has 2 amide bonds. The maximum atomic E-state index is 12.4. The number of benzene rings is 1. The quantitative estimate of drug-likeness (QED) is 0.797. The molecule has 4 rings (SSSR count). The number of halogens is 1. The number of cyclic esters (lactones) is 1. The second kappa shape index (κ2) is 8.34. The van der Waals surface area contributed by atoms with Crippen molar-refractivity contribution in [3.8, 4) is 0 Å². The number of nitrogens with one attached hydrogen (secondary N) is 1. The SMILES string of the molecule is CC1CN(C)CCc2ccc(N3C[C@H](CNC(=O)c4ccc(Cl)s4)OC3=O)cc21. The number of likely N-dealkylation sites (N-methyl/N-ethyl adjacent to an activating group) is 1. The maximum absolute atomic E-state index is 12.4. The topological polar surface area (TPSA) is 61.9 Å².